The van der Waals surface area contributed by atoms with Crippen molar-refractivity contribution < 1.29 is 0 Å². The summed E-state index contributed by atoms with van der Waals surface area (Å²) in [5.41, 5.74) is 2.31. The van der Waals surface area contributed by atoms with Gasteiger partial charge in [-0.1, -0.05) is 6.07 Å². The summed E-state index contributed by atoms with van der Waals surface area (Å²) >= 11 is 5.66. The molecule has 1 heterocycles. The number of aromatic nitrogens is 2. The molecule has 0 aliphatic heterocycles. The van der Waals surface area contributed by atoms with Gasteiger partial charge in [-0.3, -0.25) is 0 Å². The van der Waals surface area contributed by atoms with Crippen LogP contribution in [0.3, 0.4) is 0 Å². The van der Waals surface area contributed by atoms with Crippen LogP contribution in [0.15, 0.2) is 36.5 Å². The minimum Gasteiger partial charge on any atom is -0.241 e. The summed E-state index contributed by atoms with van der Waals surface area (Å²) in [6.45, 7) is 0. The molecule has 2 aromatic rings. The van der Waals surface area contributed by atoms with Crippen LogP contribution in [0.25, 0.3) is 5.69 Å². The van der Waals surface area contributed by atoms with Crippen molar-refractivity contribution in [3.8, 4) is 11.8 Å². The number of hydrogen-bond acceptors (Lipinski definition) is 2. The molecule has 0 atom stereocenters. The monoisotopic (exact) mass is 217 g/mol. The van der Waals surface area contributed by atoms with Gasteiger partial charge < -0.3 is 0 Å². The Morgan fingerprint density at radius 3 is 2.93 bits per heavy atom. The van der Waals surface area contributed by atoms with Crippen LogP contribution < -0.4 is 0 Å². The van der Waals surface area contributed by atoms with Crippen molar-refractivity contribution in [3.63, 3.8) is 0 Å². The van der Waals surface area contributed by atoms with Crippen molar-refractivity contribution in [2.75, 3.05) is 0 Å². The molecule has 0 spiro atoms. The fourth-order valence-electron chi connectivity index (χ4n) is 1.29. The Morgan fingerprint density at radius 1 is 1.40 bits per heavy atom. The Hall–Kier alpha value is -1.79. The van der Waals surface area contributed by atoms with Crippen LogP contribution in [0.5, 0.6) is 0 Å². The van der Waals surface area contributed by atoms with Gasteiger partial charge in [0.1, 0.15) is 0 Å². The third-order valence-corrected chi connectivity index (χ3v) is 2.29. The number of nitrogens with zero attached hydrogens (tertiary/aromatic N) is 3. The molecule has 0 bridgehead atoms. The van der Waals surface area contributed by atoms with Gasteiger partial charge in [-0.15, -0.1) is 11.6 Å². The van der Waals surface area contributed by atoms with Gasteiger partial charge in [-0.25, -0.2) is 4.68 Å². The van der Waals surface area contributed by atoms with Crippen LogP contribution in [0.2, 0.25) is 0 Å². The molecular formula is C11H8ClN3. The lowest BCUT2D eigenvalue weighted by molar-refractivity contribution is 0.858. The summed E-state index contributed by atoms with van der Waals surface area (Å²) in [7, 11) is 0. The van der Waals surface area contributed by atoms with Crippen LogP contribution in [0, 0.1) is 11.3 Å². The third kappa shape index (κ3) is 2.00. The summed E-state index contributed by atoms with van der Waals surface area (Å²) in [5, 5.41) is 13.0. The number of benzene rings is 1. The zero-order valence-corrected chi connectivity index (χ0v) is 8.65. The minimum absolute atomic E-state index is 0.394. The Balaban J connectivity index is 2.41. The second-order valence-electron chi connectivity index (χ2n) is 3.05. The number of nitriles is 1. The zero-order valence-electron chi connectivity index (χ0n) is 7.89. The first kappa shape index (κ1) is 9.75. The van der Waals surface area contributed by atoms with Crippen molar-refractivity contribution in [2.24, 2.45) is 0 Å². The molecule has 0 N–H and O–H groups in total. The Morgan fingerprint density at radius 2 is 2.27 bits per heavy atom. The lowest BCUT2D eigenvalue weighted by Crippen LogP contribution is -1.95. The SMILES string of the molecule is N#Cc1cccc(-n2ccc(CCl)n2)c1. The third-order valence-electron chi connectivity index (χ3n) is 2.02. The van der Waals surface area contributed by atoms with E-state index in [1.807, 2.05) is 24.4 Å². The van der Waals surface area contributed by atoms with E-state index < -0.39 is 0 Å². The molecule has 1 aromatic carbocycles. The van der Waals surface area contributed by atoms with E-state index in [0.717, 1.165) is 11.4 Å². The van der Waals surface area contributed by atoms with Gasteiger partial charge in [0.05, 0.1) is 28.9 Å². The standard InChI is InChI=1S/C11H8ClN3/c12-7-10-4-5-15(14-10)11-3-1-2-9(6-11)8-13/h1-6H,7H2. The zero-order chi connectivity index (χ0) is 10.7. The topological polar surface area (TPSA) is 41.6 Å². The molecule has 0 aliphatic carbocycles. The fraction of sp³-hybridized carbons (Fsp3) is 0.0909. The Kier molecular flexibility index (Phi) is 2.70. The van der Waals surface area contributed by atoms with E-state index in [1.54, 1.807) is 16.8 Å². The maximum atomic E-state index is 8.76. The van der Waals surface area contributed by atoms with Gasteiger partial charge in [0, 0.05) is 6.20 Å². The van der Waals surface area contributed by atoms with Crippen LogP contribution in [-0.4, -0.2) is 9.78 Å². The van der Waals surface area contributed by atoms with Gasteiger partial charge in [0.25, 0.3) is 0 Å². The molecule has 0 radical (unpaired) electrons. The molecule has 0 amide bonds. The van der Waals surface area contributed by atoms with E-state index in [1.165, 1.54) is 0 Å². The molecule has 0 saturated carbocycles. The van der Waals surface area contributed by atoms with E-state index in [2.05, 4.69) is 11.2 Å². The predicted octanol–water partition coefficient (Wildman–Crippen LogP) is 2.48. The smallest absolute Gasteiger partial charge is 0.0992 e. The molecule has 0 saturated heterocycles. The van der Waals surface area contributed by atoms with Crippen LogP contribution in [0.4, 0.5) is 0 Å². The van der Waals surface area contributed by atoms with Crippen molar-refractivity contribution in [2.45, 2.75) is 5.88 Å². The highest BCUT2D eigenvalue weighted by Crippen LogP contribution is 2.10. The van der Waals surface area contributed by atoms with Crippen LogP contribution >= 0.6 is 11.6 Å². The second-order valence-corrected chi connectivity index (χ2v) is 3.31. The summed E-state index contributed by atoms with van der Waals surface area (Å²) in [5.74, 6) is 0.394. The van der Waals surface area contributed by atoms with E-state index in [-0.39, 0.29) is 0 Å². The molecular weight excluding hydrogens is 210 g/mol. The summed E-state index contributed by atoms with van der Waals surface area (Å²) in [6, 6.07) is 11.2. The Labute approximate surface area is 92.5 Å². The van der Waals surface area contributed by atoms with Gasteiger partial charge in [-0.05, 0) is 24.3 Å². The quantitative estimate of drug-likeness (QED) is 0.726. The maximum Gasteiger partial charge on any atom is 0.0992 e. The highest BCUT2D eigenvalue weighted by Gasteiger charge is 2.00. The average molecular weight is 218 g/mol. The Bertz CT molecular complexity index is 511. The minimum atomic E-state index is 0.394. The highest BCUT2D eigenvalue weighted by molar-refractivity contribution is 6.16. The molecule has 74 valence electrons. The lowest BCUT2D eigenvalue weighted by Gasteiger charge is -2.00. The summed E-state index contributed by atoms with van der Waals surface area (Å²) in [6.07, 6.45) is 1.83. The maximum absolute atomic E-state index is 8.76. The molecule has 2 rings (SSSR count). The van der Waals surface area contributed by atoms with Crippen molar-refractivity contribution in [1.29, 1.82) is 5.26 Å². The van der Waals surface area contributed by atoms with E-state index in [0.29, 0.717) is 11.4 Å². The molecule has 3 nitrogen and oxygen atoms in total. The first-order valence-corrected chi connectivity index (χ1v) is 4.98. The van der Waals surface area contributed by atoms with Crippen LogP contribution in [-0.2, 0) is 5.88 Å². The van der Waals surface area contributed by atoms with Gasteiger partial charge in [0.2, 0.25) is 0 Å². The fourth-order valence-corrected chi connectivity index (χ4v) is 1.44. The van der Waals surface area contributed by atoms with E-state index in [9.17, 15) is 0 Å². The highest BCUT2D eigenvalue weighted by atomic mass is 35.5. The molecule has 4 heteroatoms. The van der Waals surface area contributed by atoms with Gasteiger partial charge in [-0.2, -0.15) is 10.4 Å². The molecule has 1 aromatic heterocycles. The molecule has 0 aliphatic rings. The molecule has 0 fully saturated rings. The predicted molar refractivity (Wildman–Crippen MR) is 57.8 cm³/mol. The van der Waals surface area contributed by atoms with Crippen molar-refractivity contribution in [1.82, 2.24) is 9.78 Å². The van der Waals surface area contributed by atoms with Gasteiger partial charge in [0.15, 0.2) is 0 Å². The number of halogens is 1. The normalized spacial score (nSPS) is 9.87. The average Bonchev–Trinajstić information content (AvgIpc) is 2.78. The largest absolute Gasteiger partial charge is 0.241 e. The van der Waals surface area contributed by atoms with Gasteiger partial charge >= 0.3 is 0 Å². The van der Waals surface area contributed by atoms with Crippen molar-refractivity contribution >= 4 is 11.6 Å². The first-order valence-electron chi connectivity index (χ1n) is 4.44. The second kappa shape index (κ2) is 4.16. The molecule has 15 heavy (non-hydrogen) atoms. The summed E-state index contributed by atoms with van der Waals surface area (Å²) in [4.78, 5) is 0. The number of hydrogen-bond donors (Lipinski definition) is 0. The molecule has 0 unspecified atom stereocenters. The van der Waals surface area contributed by atoms with Crippen LogP contribution in [0.1, 0.15) is 11.3 Å². The number of alkyl halides is 1. The number of rotatable bonds is 2. The van der Waals surface area contributed by atoms with Crippen molar-refractivity contribution in [3.05, 3.63) is 47.8 Å². The lowest BCUT2D eigenvalue weighted by atomic mass is 10.2. The first-order chi connectivity index (χ1) is 7.33. The van der Waals surface area contributed by atoms with E-state index >= 15 is 0 Å². The van der Waals surface area contributed by atoms with E-state index in [4.69, 9.17) is 16.9 Å². The summed E-state index contributed by atoms with van der Waals surface area (Å²) < 4.78 is 1.71.